The zero-order valence-corrected chi connectivity index (χ0v) is 7.43. The first kappa shape index (κ1) is 40.9. The molecule has 0 aliphatic rings. The van der Waals surface area contributed by atoms with Crippen LogP contribution < -0.4 is 0 Å². The summed E-state index contributed by atoms with van der Waals surface area (Å²) in [5.41, 5.74) is 0. The van der Waals surface area contributed by atoms with Crippen LogP contribution in [0.15, 0.2) is 0 Å². The summed E-state index contributed by atoms with van der Waals surface area (Å²) in [6, 6.07) is 0. The Labute approximate surface area is 62.7 Å². The maximum absolute atomic E-state index is 0. The van der Waals surface area contributed by atoms with Gasteiger partial charge < -0.3 is 27.0 Å². The molecule has 0 rings (SSSR count). The van der Waals surface area contributed by atoms with Crippen molar-refractivity contribution in [1.82, 2.24) is 0 Å². The first-order valence-corrected chi connectivity index (χ1v) is 0. The van der Waals surface area contributed by atoms with Crippen molar-refractivity contribution in [3.05, 3.63) is 0 Å². The van der Waals surface area contributed by atoms with Crippen molar-refractivity contribution < 1.29 is 36.0 Å². The fourth-order valence-electron chi connectivity index (χ4n) is 0. The molecule has 0 spiro atoms. The third kappa shape index (κ3) is 9.17. The van der Waals surface area contributed by atoms with Gasteiger partial charge in [-0.2, -0.15) is 0 Å². The minimum Gasteiger partial charge on any atom is -2.00 e. The van der Waals surface area contributed by atoms with E-state index >= 15 is 0 Å². The Balaban J connectivity index is 0. The van der Waals surface area contributed by atoms with Crippen molar-refractivity contribution >= 4 is 27.0 Å². The van der Waals surface area contributed by atoms with Crippen molar-refractivity contribution in [3.63, 3.8) is 0 Å². The quantitative estimate of drug-likeness (QED) is 0.469. The van der Waals surface area contributed by atoms with Gasteiger partial charge in [-0.25, -0.2) is 0 Å². The molecule has 0 aromatic carbocycles. The maximum atomic E-state index is 0. The second-order valence-electron chi connectivity index (χ2n) is 0. The van der Waals surface area contributed by atoms with Crippen LogP contribution in [0.5, 0.6) is 0 Å². The van der Waals surface area contributed by atoms with E-state index in [1.165, 1.54) is 0 Å². The molecule has 0 aromatic rings. The number of hydrogen-bond acceptors (Lipinski definition) is 0. The standard InChI is InChI=1S/Ni.2S.Zn/q+2;2*-2;+2. The van der Waals surface area contributed by atoms with Crippen LogP contribution in [0.2, 0.25) is 0 Å². The van der Waals surface area contributed by atoms with Crippen molar-refractivity contribution in [2.24, 2.45) is 0 Å². The second-order valence-corrected chi connectivity index (χ2v) is 0. The Kier molecular flexibility index (Phi) is 217. The maximum Gasteiger partial charge on any atom is 2.00 e. The molecule has 0 nitrogen and oxygen atoms in total. The van der Waals surface area contributed by atoms with E-state index in [4.69, 9.17) is 0 Å². The first-order chi connectivity index (χ1) is 0. The molecule has 24 valence electrons. The summed E-state index contributed by atoms with van der Waals surface area (Å²) >= 11 is 0. The molecule has 0 N–H and O–H groups in total. The topological polar surface area (TPSA) is 0 Å². The molecular weight excluding hydrogens is 188 g/mol. The van der Waals surface area contributed by atoms with E-state index in [0.29, 0.717) is 0 Å². The molecule has 0 amide bonds. The van der Waals surface area contributed by atoms with E-state index in [9.17, 15) is 0 Å². The summed E-state index contributed by atoms with van der Waals surface area (Å²) in [5.74, 6) is 0. The third-order valence-corrected chi connectivity index (χ3v) is 0. The zero-order valence-electron chi connectivity index (χ0n) is 1.84. The predicted molar refractivity (Wildman–Crippen MR) is 14.7 cm³/mol. The van der Waals surface area contributed by atoms with Gasteiger partial charge in [-0.3, -0.25) is 0 Å². The molecule has 0 saturated heterocycles. The van der Waals surface area contributed by atoms with Crippen LogP contribution in [0.1, 0.15) is 0 Å². The van der Waals surface area contributed by atoms with Gasteiger partial charge in [0.25, 0.3) is 0 Å². The van der Waals surface area contributed by atoms with Crippen LogP contribution in [-0.4, -0.2) is 0 Å². The Hall–Kier alpha value is 1.82. The Bertz CT molecular complexity index is 6.00. The van der Waals surface area contributed by atoms with Gasteiger partial charge in [0, 0.05) is 0 Å². The number of rotatable bonds is 0. The SMILES string of the molecule is [Ni+2].[S-2].[S-2].[Zn+2]. The van der Waals surface area contributed by atoms with Crippen molar-refractivity contribution in [3.8, 4) is 0 Å². The van der Waals surface area contributed by atoms with E-state index in [-0.39, 0.29) is 63.0 Å². The third-order valence-electron chi connectivity index (χ3n) is 0. The van der Waals surface area contributed by atoms with E-state index in [0.717, 1.165) is 0 Å². The van der Waals surface area contributed by atoms with Gasteiger partial charge in [0.1, 0.15) is 0 Å². The minimum atomic E-state index is 0. The molecular formula is NiS2Zn. The van der Waals surface area contributed by atoms with Crippen LogP contribution in [0.3, 0.4) is 0 Å². The molecule has 0 aliphatic heterocycles. The zero-order chi connectivity index (χ0) is 0. The average molecular weight is 188 g/mol. The molecule has 0 aromatic heterocycles. The Morgan fingerprint density at radius 2 is 0.750 bits per heavy atom. The average Bonchev–Trinajstić information content (AvgIpc) is 0. The summed E-state index contributed by atoms with van der Waals surface area (Å²) in [4.78, 5) is 0. The molecule has 0 bridgehead atoms. The smallest absolute Gasteiger partial charge is 2.00 e. The van der Waals surface area contributed by atoms with E-state index < -0.39 is 0 Å². The van der Waals surface area contributed by atoms with Gasteiger partial charge in [0.15, 0.2) is 0 Å². The molecule has 0 heterocycles. The van der Waals surface area contributed by atoms with Gasteiger partial charge in [0.05, 0.1) is 0 Å². The second kappa shape index (κ2) is 21.3. The van der Waals surface area contributed by atoms with E-state index in [1.54, 1.807) is 0 Å². The molecule has 0 unspecified atom stereocenters. The summed E-state index contributed by atoms with van der Waals surface area (Å²) in [6.45, 7) is 0. The van der Waals surface area contributed by atoms with Crippen LogP contribution in [-0.2, 0) is 63.0 Å². The monoisotopic (exact) mass is 186 g/mol. The molecule has 0 radical (unpaired) electrons. The van der Waals surface area contributed by atoms with Gasteiger partial charge in [-0.15, -0.1) is 0 Å². The molecule has 4 heavy (non-hydrogen) atoms. The largest absolute Gasteiger partial charge is 2.00 e. The molecule has 0 fully saturated rings. The van der Waals surface area contributed by atoms with Crippen LogP contribution in [0.4, 0.5) is 0 Å². The van der Waals surface area contributed by atoms with Crippen LogP contribution >= 0.6 is 0 Å². The van der Waals surface area contributed by atoms with Crippen molar-refractivity contribution in [2.45, 2.75) is 0 Å². The normalized spacial score (nSPS) is 0. The van der Waals surface area contributed by atoms with Crippen molar-refractivity contribution in [1.29, 1.82) is 0 Å². The minimum absolute atomic E-state index is 0. The fraction of sp³-hybridized carbons (Fsp3) is 0. The van der Waals surface area contributed by atoms with Gasteiger partial charge >= 0.3 is 36.0 Å². The van der Waals surface area contributed by atoms with Crippen molar-refractivity contribution in [2.75, 3.05) is 0 Å². The van der Waals surface area contributed by atoms with Crippen LogP contribution in [0, 0.1) is 0 Å². The van der Waals surface area contributed by atoms with Gasteiger partial charge in [-0.05, 0) is 0 Å². The molecule has 4 heteroatoms. The summed E-state index contributed by atoms with van der Waals surface area (Å²) in [7, 11) is 0. The summed E-state index contributed by atoms with van der Waals surface area (Å²) < 4.78 is 0. The van der Waals surface area contributed by atoms with E-state index in [1.807, 2.05) is 0 Å². The van der Waals surface area contributed by atoms with Gasteiger partial charge in [0.2, 0.25) is 0 Å². The molecule has 0 saturated carbocycles. The predicted octanol–water partition coefficient (Wildman–Crippen LogP) is -0.00980. The fourth-order valence-corrected chi connectivity index (χ4v) is 0. The van der Waals surface area contributed by atoms with Crippen LogP contribution in [0.25, 0.3) is 0 Å². The Morgan fingerprint density at radius 3 is 0.750 bits per heavy atom. The Morgan fingerprint density at radius 1 is 0.750 bits per heavy atom. The first-order valence-electron chi connectivity index (χ1n) is 0. The number of hydrogen-bond donors (Lipinski definition) is 0. The van der Waals surface area contributed by atoms with Gasteiger partial charge in [-0.1, -0.05) is 0 Å². The summed E-state index contributed by atoms with van der Waals surface area (Å²) in [6.07, 6.45) is 0. The summed E-state index contributed by atoms with van der Waals surface area (Å²) in [5, 5.41) is 0. The molecule has 0 aliphatic carbocycles. The molecule has 0 atom stereocenters. The van der Waals surface area contributed by atoms with E-state index in [2.05, 4.69) is 0 Å².